The van der Waals surface area contributed by atoms with Crippen molar-refractivity contribution in [2.45, 2.75) is 25.8 Å². The summed E-state index contributed by atoms with van der Waals surface area (Å²) in [5.74, 6) is -0.698. The Labute approximate surface area is 157 Å². The molecule has 27 heavy (non-hydrogen) atoms. The Balaban J connectivity index is 1.88. The van der Waals surface area contributed by atoms with Gasteiger partial charge in [-0.05, 0) is 30.2 Å². The topological polar surface area (TPSA) is 81.9 Å². The number of ether oxygens (including phenoxy) is 2. The lowest BCUT2D eigenvalue weighted by molar-refractivity contribution is -0.384. The number of esters is 1. The van der Waals surface area contributed by atoms with Crippen LogP contribution in [0, 0.1) is 16.0 Å². The van der Waals surface area contributed by atoms with Crippen LogP contribution in [0.25, 0.3) is 0 Å². The Morgan fingerprint density at radius 3 is 2.48 bits per heavy atom. The maximum atomic E-state index is 12.1. The molecule has 1 unspecified atom stereocenters. The van der Waals surface area contributed by atoms with Gasteiger partial charge in [-0.1, -0.05) is 30.3 Å². The van der Waals surface area contributed by atoms with Crippen molar-refractivity contribution in [1.29, 1.82) is 0 Å². The predicted molar refractivity (Wildman–Crippen MR) is 98.7 cm³/mol. The van der Waals surface area contributed by atoms with E-state index in [1.165, 1.54) is 19.2 Å². The van der Waals surface area contributed by atoms with Gasteiger partial charge in [0, 0.05) is 25.2 Å². The van der Waals surface area contributed by atoms with Crippen molar-refractivity contribution in [2.75, 3.05) is 13.7 Å². The first-order valence-electron chi connectivity index (χ1n) is 8.75. The summed E-state index contributed by atoms with van der Waals surface area (Å²) in [5.41, 5.74) is 1.93. The van der Waals surface area contributed by atoms with Crippen molar-refractivity contribution in [3.8, 4) is 0 Å². The minimum absolute atomic E-state index is 0.0321. The van der Waals surface area contributed by atoms with Gasteiger partial charge in [0.05, 0.1) is 24.1 Å². The summed E-state index contributed by atoms with van der Waals surface area (Å²) in [7, 11) is 1.37. The van der Waals surface area contributed by atoms with Crippen molar-refractivity contribution in [1.82, 2.24) is 4.90 Å². The van der Waals surface area contributed by atoms with Crippen LogP contribution in [-0.2, 0) is 20.8 Å². The molecule has 2 aromatic carbocycles. The lowest BCUT2D eigenvalue weighted by atomic mass is 9.98. The lowest BCUT2D eigenvalue weighted by Gasteiger charge is -2.42. The Morgan fingerprint density at radius 2 is 1.89 bits per heavy atom. The highest BCUT2D eigenvalue weighted by atomic mass is 16.6. The standard InChI is InChI=1S/C20H22N2O5/c1-14-18(20(23)26-2)13-21(12-15-6-4-3-5-7-15)19(27-14)16-8-10-17(11-9-16)22(24)25/h3-11,14,18-19H,12-13H2,1-2H3/t14-,18+,19?/m1/s1. The monoisotopic (exact) mass is 370 g/mol. The van der Waals surface area contributed by atoms with Crippen LogP contribution >= 0.6 is 0 Å². The fraction of sp³-hybridized carbons (Fsp3) is 0.350. The molecule has 2 aromatic rings. The predicted octanol–water partition coefficient (Wildman–Crippen LogP) is 3.30. The van der Waals surface area contributed by atoms with Crippen LogP contribution in [0.1, 0.15) is 24.3 Å². The fourth-order valence-corrected chi connectivity index (χ4v) is 3.31. The molecule has 0 bridgehead atoms. The van der Waals surface area contributed by atoms with Crippen molar-refractivity contribution >= 4 is 11.7 Å². The number of nitro benzene ring substituents is 1. The van der Waals surface area contributed by atoms with Gasteiger partial charge in [-0.15, -0.1) is 0 Å². The van der Waals surface area contributed by atoms with Crippen LogP contribution in [0.5, 0.6) is 0 Å². The second-order valence-electron chi connectivity index (χ2n) is 6.59. The van der Waals surface area contributed by atoms with E-state index in [-0.39, 0.29) is 17.8 Å². The summed E-state index contributed by atoms with van der Waals surface area (Å²) in [6.45, 7) is 2.91. The van der Waals surface area contributed by atoms with Crippen LogP contribution in [0.4, 0.5) is 5.69 Å². The highest BCUT2D eigenvalue weighted by molar-refractivity contribution is 5.73. The van der Waals surface area contributed by atoms with E-state index < -0.39 is 17.1 Å². The molecule has 1 aliphatic heterocycles. The second-order valence-corrected chi connectivity index (χ2v) is 6.59. The van der Waals surface area contributed by atoms with Gasteiger partial charge in [0.15, 0.2) is 0 Å². The number of benzene rings is 2. The maximum absolute atomic E-state index is 12.1. The Morgan fingerprint density at radius 1 is 1.22 bits per heavy atom. The van der Waals surface area contributed by atoms with Crippen LogP contribution in [-0.4, -0.2) is 35.6 Å². The van der Waals surface area contributed by atoms with Crippen LogP contribution < -0.4 is 0 Å². The highest BCUT2D eigenvalue weighted by Crippen LogP contribution is 2.34. The van der Waals surface area contributed by atoms with Crippen LogP contribution in [0.2, 0.25) is 0 Å². The molecule has 0 aliphatic carbocycles. The van der Waals surface area contributed by atoms with Gasteiger partial charge < -0.3 is 9.47 Å². The quantitative estimate of drug-likeness (QED) is 0.456. The normalized spacial score (nSPS) is 23.0. The molecule has 0 N–H and O–H groups in total. The zero-order valence-electron chi connectivity index (χ0n) is 15.3. The number of rotatable bonds is 5. The molecule has 1 aliphatic rings. The van der Waals surface area contributed by atoms with Crippen LogP contribution in [0.15, 0.2) is 54.6 Å². The minimum atomic E-state index is -0.427. The average molecular weight is 370 g/mol. The number of methoxy groups -OCH3 is 1. The summed E-state index contributed by atoms with van der Waals surface area (Å²) >= 11 is 0. The van der Waals surface area contributed by atoms with E-state index in [2.05, 4.69) is 4.90 Å². The van der Waals surface area contributed by atoms with Gasteiger partial charge >= 0.3 is 5.97 Å². The first-order chi connectivity index (χ1) is 13.0. The van der Waals surface area contributed by atoms with E-state index in [4.69, 9.17) is 9.47 Å². The molecule has 1 fully saturated rings. The van der Waals surface area contributed by atoms with Crippen molar-refractivity contribution in [2.24, 2.45) is 5.92 Å². The molecular formula is C20H22N2O5. The Hall–Kier alpha value is -2.77. The molecule has 3 rings (SSSR count). The fourth-order valence-electron chi connectivity index (χ4n) is 3.31. The average Bonchev–Trinajstić information content (AvgIpc) is 2.69. The summed E-state index contributed by atoms with van der Waals surface area (Å²) in [4.78, 5) is 24.7. The number of hydrogen-bond acceptors (Lipinski definition) is 6. The summed E-state index contributed by atoms with van der Waals surface area (Å²) < 4.78 is 11.1. The second kappa shape index (κ2) is 8.28. The molecule has 0 amide bonds. The molecule has 7 heteroatoms. The van der Waals surface area contributed by atoms with Crippen molar-refractivity contribution in [3.63, 3.8) is 0 Å². The van der Waals surface area contributed by atoms with Crippen molar-refractivity contribution in [3.05, 3.63) is 75.8 Å². The third-order valence-electron chi connectivity index (χ3n) is 4.79. The molecule has 0 spiro atoms. The molecule has 0 radical (unpaired) electrons. The molecule has 1 heterocycles. The van der Waals surface area contributed by atoms with Gasteiger partial charge in [-0.2, -0.15) is 0 Å². The van der Waals surface area contributed by atoms with Gasteiger partial charge in [0.1, 0.15) is 6.23 Å². The third kappa shape index (κ3) is 4.32. The zero-order chi connectivity index (χ0) is 19.4. The summed E-state index contributed by atoms with van der Waals surface area (Å²) in [5, 5.41) is 10.9. The molecule has 1 saturated heterocycles. The maximum Gasteiger partial charge on any atom is 0.312 e. The highest BCUT2D eigenvalue weighted by Gasteiger charge is 2.39. The Kier molecular flexibility index (Phi) is 5.83. The zero-order valence-corrected chi connectivity index (χ0v) is 15.3. The SMILES string of the molecule is COC(=O)[C@H]1CN(Cc2ccccc2)C(c2ccc([N+](=O)[O-])cc2)O[C@@H]1C. The number of non-ortho nitro benzene ring substituents is 1. The van der Waals surface area contributed by atoms with E-state index in [0.29, 0.717) is 13.1 Å². The Bertz CT molecular complexity index is 794. The molecule has 3 atom stereocenters. The third-order valence-corrected chi connectivity index (χ3v) is 4.79. The van der Waals surface area contributed by atoms with E-state index in [0.717, 1.165) is 11.1 Å². The minimum Gasteiger partial charge on any atom is -0.469 e. The molecule has 0 aromatic heterocycles. The van der Waals surface area contributed by atoms with E-state index >= 15 is 0 Å². The number of carbonyl (C=O) groups excluding carboxylic acids is 1. The number of hydrogen-bond donors (Lipinski definition) is 0. The first-order valence-corrected chi connectivity index (χ1v) is 8.75. The first kappa shape index (κ1) is 19.0. The van der Waals surface area contributed by atoms with Gasteiger partial charge in [-0.25, -0.2) is 0 Å². The molecule has 142 valence electrons. The molecule has 7 nitrogen and oxygen atoms in total. The molecular weight excluding hydrogens is 348 g/mol. The van der Waals surface area contributed by atoms with Gasteiger partial charge in [-0.3, -0.25) is 19.8 Å². The summed E-state index contributed by atoms with van der Waals surface area (Å²) in [6, 6.07) is 16.2. The van der Waals surface area contributed by atoms with E-state index in [1.807, 2.05) is 37.3 Å². The summed E-state index contributed by atoms with van der Waals surface area (Å²) in [6.07, 6.45) is -0.730. The largest absolute Gasteiger partial charge is 0.469 e. The van der Waals surface area contributed by atoms with Crippen molar-refractivity contribution < 1.29 is 19.2 Å². The number of carbonyl (C=O) groups is 1. The number of nitrogens with zero attached hydrogens (tertiary/aromatic N) is 2. The van der Waals surface area contributed by atoms with Gasteiger partial charge in [0.25, 0.3) is 5.69 Å². The smallest absolute Gasteiger partial charge is 0.312 e. The lowest BCUT2D eigenvalue weighted by Crippen LogP contribution is -2.48. The van der Waals surface area contributed by atoms with E-state index in [1.54, 1.807) is 12.1 Å². The van der Waals surface area contributed by atoms with Gasteiger partial charge in [0.2, 0.25) is 0 Å². The van der Waals surface area contributed by atoms with Crippen LogP contribution in [0.3, 0.4) is 0 Å². The molecule has 0 saturated carbocycles. The van der Waals surface area contributed by atoms with E-state index in [9.17, 15) is 14.9 Å². The number of nitro groups is 1.